The van der Waals surface area contributed by atoms with Gasteiger partial charge in [-0.05, 0) is 43.0 Å². The maximum Gasteiger partial charge on any atom is 0.289 e. The molecule has 1 aromatic carbocycles. The minimum atomic E-state index is -0.210. The first kappa shape index (κ1) is 12.7. The lowest BCUT2D eigenvalue weighted by molar-refractivity contribution is 0.0906. The maximum absolute atomic E-state index is 12.2. The molecule has 1 aliphatic rings. The molecular weight excluding hydrogens is 254 g/mol. The Morgan fingerprint density at radius 3 is 2.95 bits per heavy atom. The highest BCUT2D eigenvalue weighted by atomic mass is 16.4. The van der Waals surface area contributed by atoms with Gasteiger partial charge in [0.05, 0.1) is 11.7 Å². The van der Waals surface area contributed by atoms with Crippen LogP contribution in [0.2, 0.25) is 0 Å². The van der Waals surface area contributed by atoms with Crippen molar-refractivity contribution < 1.29 is 9.21 Å². The van der Waals surface area contributed by atoms with Crippen molar-refractivity contribution in [3.05, 3.63) is 46.7 Å². The second kappa shape index (κ2) is 4.67. The first-order valence-electron chi connectivity index (χ1n) is 6.68. The average molecular weight is 271 g/mol. The van der Waals surface area contributed by atoms with Crippen LogP contribution in [0.25, 0.3) is 0 Å². The number of oxazole rings is 1. The molecule has 0 saturated carbocycles. The summed E-state index contributed by atoms with van der Waals surface area (Å²) < 4.78 is 5.35. The molecule has 20 heavy (non-hydrogen) atoms. The fourth-order valence-corrected chi connectivity index (χ4v) is 2.75. The van der Waals surface area contributed by atoms with E-state index in [1.54, 1.807) is 13.8 Å². The Bertz CT molecular complexity index is 676. The first-order valence-corrected chi connectivity index (χ1v) is 6.68. The van der Waals surface area contributed by atoms with Gasteiger partial charge in [-0.2, -0.15) is 0 Å². The monoisotopic (exact) mass is 271 g/mol. The summed E-state index contributed by atoms with van der Waals surface area (Å²) in [6.07, 6.45) is 1.82. The number of hydrogen-bond acceptors (Lipinski definition) is 4. The Labute approximate surface area is 117 Å². The van der Waals surface area contributed by atoms with E-state index in [1.807, 2.05) is 18.2 Å². The highest BCUT2D eigenvalue weighted by molar-refractivity contribution is 5.92. The van der Waals surface area contributed by atoms with Crippen LogP contribution in [0.4, 0.5) is 5.69 Å². The number of fused-ring (bicyclic) bond motifs is 1. The van der Waals surface area contributed by atoms with Gasteiger partial charge in [0.25, 0.3) is 5.91 Å². The van der Waals surface area contributed by atoms with Crippen molar-refractivity contribution in [2.75, 3.05) is 5.73 Å². The molecule has 1 aliphatic carbocycles. The molecule has 1 unspecified atom stereocenters. The lowest BCUT2D eigenvalue weighted by Gasteiger charge is -2.13. The Morgan fingerprint density at radius 2 is 2.25 bits per heavy atom. The number of nitrogens with zero attached hydrogens (tertiary/aromatic N) is 1. The molecule has 0 saturated heterocycles. The van der Waals surface area contributed by atoms with Crippen molar-refractivity contribution >= 4 is 11.6 Å². The minimum Gasteiger partial charge on any atom is -0.436 e. The fraction of sp³-hybridized carbons (Fsp3) is 0.333. The third-order valence-electron chi connectivity index (χ3n) is 3.66. The number of carbonyl (C=O) groups excluding carboxylic acids is 1. The van der Waals surface area contributed by atoms with Gasteiger partial charge in [0, 0.05) is 12.6 Å². The van der Waals surface area contributed by atoms with Crippen molar-refractivity contribution in [3.8, 4) is 0 Å². The standard InChI is InChI=1S/C15H17N3O2/c1-8-14(20-9(2)17-8)15(19)18-13-6-3-10-7-11(16)4-5-12(10)13/h4-5,7,13H,3,6,16H2,1-2H3,(H,18,19). The number of benzene rings is 1. The lowest BCUT2D eigenvalue weighted by atomic mass is 10.1. The number of rotatable bonds is 2. The Hall–Kier alpha value is -2.30. The number of aromatic nitrogens is 1. The van der Waals surface area contributed by atoms with Crippen molar-refractivity contribution in [2.45, 2.75) is 32.7 Å². The van der Waals surface area contributed by atoms with Crippen molar-refractivity contribution in [3.63, 3.8) is 0 Å². The second-order valence-corrected chi connectivity index (χ2v) is 5.17. The minimum absolute atomic E-state index is 0.0166. The zero-order chi connectivity index (χ0) is 14.3. The van der Waals surface area contributed by atoms with Gasteiger partial charge >= 0.3 is 0 Å². The number of nitrogens with two attached hydrogens (primary N) is 1. The van der Waals surface area contributed by atoms with E-state index in [4.69, 9.17) is 10.2 Å². The van der Waals surface area contributed by atoms with Gasteiger partial charge < -0.3 is 15.5 Å². The number of nitrogen functional groups attached to an aromatic ring is 1. The maximum atomic E-state index is 12.2. The molecule has 5 heteroatoms. The smallest absolute Gasteiger partial charge is 0.289 e. The second-order valence-electron chi connectivity index (χ2n) is 5.17. The third kappa shape index (κ3) is 2.15. The predicted octanol–water partition coefficient (Wildman–Crippen LogP) is 2.29. The van der Waals surface area contributed by atoms with Gasteiger partial charge in [0.15, 0.2) is 5.89 Å². The van der Waals surface area contributed by atoms with E-state index in [1.165, 1.54) is 5.56 Å². The molecular formula is C15H17N3O2. The molecule has 0 radical (unpaired) electrons. The largest absolute Gasteiger partial charge is 0.436 e. The Kier molecular flexibility index (Phi) is 2.97. The van der Waals surface area contributed by atoms with Crippen molar-refractivity contribution in [2.24, 2.45) is 0 Å². The molecule has 2 aromatic rings. The highest BCUT2D eigenvalue weighted by Gasteiger charge is 2.26. The van der Waals surface area contributed by atoms with Crippen LogP contribution >= 0.6 is 0 Å². The molecule has 0 aliphatic heterocycles. The summed E-state index contributed by atoms with van der Waals surface area (Å²) in [5.74, 6) is 0.594. The molecule has 0 spiro atoms. The number of hydrogen-bond donors (Lipinski definition) is 2. The molecule has 104 valence electrons. The zero-order valence-corrected chi connectivity index (χ0v) is 11.6. The van der Waals surface area contributed by atoms with E-state index in [-0.39, 0.29) is 11.9 Å². The van der Waals surface area contributed by atoms with Crippen LogP contribution in [0.3, 0.4) is 0 Å². The first-order chi connectivity index (χ1) is 9.54. The van der Waals surface area contributed by atoms with Gasteiger partial charge in [0.1, 0.15) is 0 Å². The number of nitrogens with one attached hydrogen (secondary N) is 1. The molecule has 1 atom stereocenters. The van der Waals surface area contributed by atoms with Crippen LogP contribution in [0.5, 0.6) is 0 Å². The Balaban J connectivity index is 1.80. The fourth-order valence-electron chi connectivity index (χ4n) is 2.75. The van der Waals surface area contributed by atoms with E-state index >= 15 is 0 Å². The van der Waals surface area contributed by atoms with Gasteiger partial charge in [-0.3, -0.25) is 4.79 Å². The molecule has 5 nitrogen and oxygen atoms in total. The summed E-state index contributed by atoms with van der Waals surface area (Å²) in [7, 11) is 0. The number of carbonyl (C=O) groups is 1. The Morgan fingerprint density at radius 1 is 1.45 bits per heavy atom. The van der Waals surface area contributed by atoms with Crippen LogP contribution in [0, 0.1) is 13.8 Å². The van der Waals surface area contributed by atoms with Crippen LogP contribution in [-0.2, 0) is 6.42 Å². The number of amides is 1. The van der Waals surface area contributed by atoms with E-state index in [0.29, 0.717) is 17.3 Å². The molecule has 1 aromatic heterocycles. The molecule has 1 heterocycles. The topological polar surface area (TPSA) is 81.2 Å². The summed E-state index contributed by atoms with van der Waals surface area (Å²) in [5.41, 5.74) is 9.51. The molecule has 0 fully saturated rings. The number of anilines is 1. The van der Waals surface area contributed by atoms with Crippen LogP contribution in [0.1, 0.15) is 45.7 Å². The molecule has 0 bridgehead atoms. The highest BCUT2D eigenvalue weighted by Crippen LogP contribution is 2.32. The van der Waals surface area contributed by atoms with Crippen LogP contribution < -0.4 is 11.1 Å². The van der Waals surface area contributed by atoms with E-state index in [0.717, 1.165) is 24.1 Å². The van der Waals surface area contributed by atoms with E-state index in [2.05, 4.69) is 10.3 Å². The van der Waals surface area contributed by atoms with Crippen LogP contribution in [-0.4, -0.2) is 10.9 Å². The predicted molar refractivity (Wildman–Crippen MR) is 75.4 cm³/mol. The summed E-state index contributed by atoms with van der Waals surface area (Å²) in [6, 6.07) is 5.85. The van der Waals surface area contributed by atoms with Gasteiger partial charge in [-0.25, -0.2) is 4.98 Å². The van der Waals surface area contributed by atoms with Crippen molar-refractivity contribution in [1.82, 2.24) is 10.3 Å². The van der Waals surface area contributed by atoms with E-state index in [9.17, 15) is 4.79 Å². The van der Waals surface area contributed by atoms with E-state index < -0.39 is 0 Å². The average Bonchev–Trinajstić information content (AvgIpc) is 2.93. The summed E-state index contributed by atoms with van der Waals surface area (Å²) in [4.78, 5) is 16.4. The molecule has 3 rings (SSSR count). The summed E-state index contributed by atoms with van der Waals surface area (Å²) >= 11 is 0. The normalized spacial score (nSPS) is 17.0. The molecule has 1 amide bonds. The SMILES string of the molecule is Cc1nc(C)c(C(=O)NC2CCc3cc(N)ccc32)o1. The number of aryl methyl sites for hydroxylation is 3. The quantitative estimate of drug-likeness (QED) is 0.821. The van der Waals surface area contributed by atoms with Crippen LogP contribution in [0.15, 0.2) is 22.6 Å². The van der Waals surface area contributed by atoms with Gasteiger partial charge in [-0.1, -0.05) is 6.07 Å². The zero-order valence-electron chi connectivity index (χ0n) is 11.6. The van der Waals surface area contributed by atoms with Crippen molar-refractivity contribution in [1.29, 1.82) is 0 Å². The third-order valence-corrected chi connectivity index (χ3v) is 3.66. The lowest BCUT2D eigenvalue weighted by Crippen LogP contribution is -2.27. The summed E-state index contributed by atoms with van der Waals surface area (Å²) in [5, 5.41) is 3.01. The van der Waals surface area contributed by atoms with Gasteiger partial charge in [0.2, 0.25) is 5.76 Å². The molecule has 3 N–H and O–H groups in total. The van der Waals surface area contributed by atoms with Gasteiger partial charge in [-0.15, -0.1) is 0 Å². The summed E-state index contributed by atoms with van der Waals surface area (Å²) in [6.45, 7) is 3.51.